The van der Waals surface area contributed by atoms with Crippen molar-refractivity contribution in [2.75, 3.05) is 0 Å². The van der Waals surface area contributed by atoms with Crippen LogP contribution < -0.4 is 0 Å². The Morgan fingerprint density at radius 3 is 2.16 bits per heavy atom. The molecular formula is C36H48O8. The third-order valence-corrected chi connectivity index (χ3v) is 11.6. The second-order valence-electron chi connectivity index (χ2n) is 15.2. The van der Waals surface area contributed by atoms with Gasteiger partial charge in [0.2, 0.25) is 0 Å². The third-order valence-electron chi connectivity index (χ3n) is 11.6. The number of phenolic OH excluding ortho intramolecular Hbond substituents is 1. The van der Waals surface area contributed by atoms with E-state index >= 15 is 0 Å². The molecule has 0 aromatic heterocycles. The number of fused-ring (bicyclic) bond motifs is 3. The second kappa shape index (κ2) is 10.8. The van der Waals surface area contributed by atoms with Crippen molar-refractivity contribution in [3.8, 4) is 5.75 Å². The van der Waals surface area contributed by atoms with Crippen LogP contribution in [0.3, 0.4) is 0 Å². The molecule has 0 saturated heterocycles. The van der Waals surface area contributed by atoms with Gasteiger partial charge in [-0.25, -0.2) is 0 Å². The standard InChI is InChI=1S/C36H48O8/c1-17(2)13-11-12-16-33(7,8)22-15-14-21-19(5)34(9)26(29(40)24(21)27(22)38)31(42)36(44)30(41)23(20(6)37)28(39)25(18(3)4)35(36,10)32(34)43/h14-15,18-19,23,25-26,32,38,43-44H,1,11-13,16H2,2-10H3/t19-,23?,25?,26?,32-,34+,35+,36+/m1/s1. The Labute approximate surface area is 260 Å². The van der Waals surface area contributed by atoms with Crippen molar-refractivity contribution in [1.82, 2.24) is 0 Å². The summed E-state index contributed by atoms with van der Waals surface area (Å²) in [6.45, 7) is 19.0. The van der Waals surface area contributed by atoms with E-state index < -0.39 is 86.5 Å². The Bertz CT molecular complexity index is 1470. The van der Waals surface area contributed by atoms with Crippen molar-refractivity contribution in [2.24, 2.45) is 34.5 Å². The lowest BCUT2D eigenvalue weighted by atomic mass is 9.37. The van der Waals surface area contributed by atoms with Crippen molar-refractivity contribution in [3.63, 3.8) is 0 Å². The lowest BCUT2D eigenvalue weighted by Crippen LogP contribution is -2.81. The summed E-state index contributed by atoms with van der Waals surface area (Å²) in [5.41, 5.74) is -5.02. The summed E-state index contributed by atoms with van der Waals surface area (Å²) in [5, 5.41) is 36.2. The molecule has 1 aromatic rings. The summed E-state index contributed by atoms with van der Waals surface area (Å²) >= 11 is 0. The molecule has 3 unspecified atom stereocenters. The zero-order chi connectivity index (χ0) is 33.5. The fourth-order valence-corrected chi connectivity index (χ4v) is 9.03. The van der Waals surface area contributed by atoms with Crippen LogP contribution in [-0.4, -0.2) is 55.9 Å². The number of aromatic hydroxyl groups is 1. The van der Waals surface area contributed by atoms with Crippen molar-refractivity contribution < 1.29 is 39.3 Å². The first kappa shape index (κ1) is 33.9. The Hall–Kier alpha value is -2.97. The highest BCUT2D eigenvalue weighted by Crippen LogP contribution is 2.66. The smallest absolute Gasteiger partial charge is 0.191 e. The second-order valence-corrected chi connectivity index (χ2v) is 15.2. The van der Waals surface area contributed by atoms with Gasteiger partial charge in [0.25, 0.3) is 0 Å². The SMILES string of the molecule is C=C(C)CCCCC(C)(C)c1ccc2c(c1O)C(=O)C1C(=O)[C@@]3(O)C(=O)C(C(C)=O)C(=O)C(C(C)C)[C@@]3(C)[C@H](O)[C@@]1(C)[C@@H]2C. The van der Waals surface area contributed by atoms with Gasteiger partial charge < -0.3 is 15.3 Å². The van der Waals surface area contributed by atoms with Crippen LogP contribution >= 0.6 is 0 Å². The van der Waals surface area contributed by atoms with E-state index in [4.69, 9.17) is 0 Å². The molecular weight excluding hydrogens is 560 g/mol. The van der Waals surface area contributed by atoms with Crippen molar-refractivity contribution in [2.45, 2.75) is 111 Å². The van der Waals surface area contributed by atoms with E-state index in [2.05, 4.69) is 6.58 Å². The number of hydrogen-bond donors (Lipinski definition) is 3. The quantitative estimate of drug-likeness (QED) is 0.211. The molecule has 0 heterocycles. The highest BCUT2D eigenvalue weighted by atomic mass is 16.3. The first-order valence-corrected chi connectivity index (χ1v) is 15.7. The maximum Gasteiger partial charge on any atom is 0.191 e. The van der Waals surface area contributed by atoms with Gasteiger partial charge in [-0.2, -0.15) is 0 Å². The number of ketones is 5. The Morgan fingerprint density at radius 1 is 1.05 bits per heavy atom. The maximum absolute atomic E-state index is 14.6. The van der Waals surface area contributed by atoms with E-state index in [1.54, 1.807) is 39.8 Å². The minimum Gasteiger partial charge on any atom is -0.507 e. The molecule has 8 atom stereocenters. The number of Topliss-reactive ketones (excluding diaryl/α,β-unsaturated/α-hetero) is 5. The normalized spacial score (nSPS) is 35.3. The van der Waals surface area contributed by atoms with E-state index in [1.165, 1.54) is 6.92 Å². The summed E-state index contributed by atoms with van der Waals surface area (Å²) < 4.78 is 0. The third kappa shape index (κ3) is 4.27. The molecule has 8 heteroatoms. The van der Waals surface area contributed by atoms with E-state index in [1.807, 2.05) is 20.8 Å². The number of allylic oxidation sites excluding steroid dienone is 1. The first-order chi connectivity index (χ1) is 20.1. The highest BCUT2D eigenvalue weighted by molar-refractivity contribution is 6.33. The number of benzene rings is 1. The minimum absolute atomic E-state index is 0.0527. The molecule has 8 nitrogen and oxygen atoms in total. The van der Waals surface area contributed by atoms with Crippen molar-refractivity contribution in [1.29, 1.82) is 0 Å². The van der Waals surface area contributed by atoms with Crippen LogP contribution in [0.4, 0.5) is 0 Å². The van der Waals surface area contributed by atoms with Crippen molar-refractivity contribution >= 4 is 28.9 Å². The Kier molecular flexibility index (Phi) is 8.35. The average Bonchev–Trinajstić information content (AvgIpc) is 2.91. The monoisotopic (exact) mass is 608 g/mol. The molecule has 0 amide bonds. The van der Waals surface area contributed by atoms with Crippen LogP contribution in [-0.2, 0) is 24.6 Å². The molecule has 44 heavy (non-hydrogen) atoms. The predicted octanol–water partition coefficient (Wildman–Crippen LogP) is 5.04. The fraction of sp³-hybridized carbons (Fsp3) is 0.639. The van der Waals surface area contributed by atoms with E-state index in [0.717, 1.165) is 38.2 Å². The Balaban J connectivity index is 1.91. The van der Waals surface area contributed by atoms with Crippen LogP contribution in [0.1, 0.15) is 115 Å². The number of phenols is 1. The number of carbonyl (C=O) groups is 5. The number of hydrogen-bond acceptors (Lipinski definition) is 8. The molecule has 2 saturated carbocycles. The predicted molar refractivity (Wildman–Crippen MR) is 165 cm³/mol. The number of carbonyl (C=O) groups excluding carboxylic acids is 5. The van der Waals surface area contributed by atoms with Crippen LogP contribution in [0.5, 0.6) is 5.75 Å². The molecule has 0 spiro atoms. The van der Waals surface area contributed by atoms with Gasteiger partial charge in [0, 0.05) is 22.3 Å². The van der Waals surface area contributed by atoms with Gasteiger partial charge in [0.1, 0.15) is 17.5 Å². The van der Waals surface area contributed by atoms with Crippen molar-refractivity contribution in [3.05, 3.63) is 41.0 Å². The molecule has 3 aliphatic carbocycles. The van der Waals surface area contributed by atoms with Gasteiger partial charge in [-0.3, -0.25) is 24.0 Å². The summed E-state index contributed by atoms with van der Waals surface area (Å²) in [6, 6.07) is 3.55. The molecule has 240 valence electrons. The summed E-state index contributed by atoms with van der Waals surface area (Å²) in [6.07, 6.45) is 1.74. The van der Waals surface area contributed by atoms with Crippen LogP contribution in [0.15, 0.2) is 24.3 Å². The molecule has 2 fully saturated rings. The summed E-state index contributed by atoms with van der Waals surface area (Å²) in [4.78, 5) is 69.3. The zero-order valence-corrected chi connectivity index (χ0v) is 27.5. The average molecular weight is 609 g/mol. The van der Waals surface area contributed by atoms with E-state index in [0.29, 0.717) is 11.1 Å². The Morgan fingerprint density at radius 2 is 1.64 bits per heavy atom. The number of rotatable bonds is 8. The molecule has 3 aliphatic rings. The number of aliphatic hydroxyl groups excluding tert-OH is 1. The lowest BCUT2D eigenvalue weighted by molar-refractivity contribution is -0.240. The largest absolute Gasteiger partial charge is 0.507 e. The van der Waals surface area contributed by atoms with Gasteiger partial charge in [-0.15, -0.1) is 6.58 Å². The van der Waals surface area contributed by atoms with E-state index in [9.17, 15) is 39.3 Å². The lowest BCUT2D eigenvalue weighted by Gasteiger charge is -2.65. The number of unbranched alkanes of at least 4 members (excludes halogenated alkanes) is 1. The first-order valence-electron chi connectivity index (χ1n) is 15.7. The summed E-state index contributed by atoms with van der Waals surface area (Å²) in [5.74, 6) is -11.0. The molecule has 0 radical (unpaired) electrons. The maximum atomic E-state index is 14.6. The molecule has 0 aliphatic heterocycles. The van der Waals surface area contributed by atoms with Crippen LogP contribution in [0.25, 0.3) is 0 Å². The van der Waals surface area contributed by atoms with Gasteiger partial charge in [-0.1, -0.05) is 72.6 Å². The van der Waals surface area contributed by atoms with Gasteiger partial charge >= 0.3 is 0 Å². The summed E-state index contributed by atoms with van der Waals surface area (Å²) in [7, 11) is 0. The van der Waals surface area contributed by atoms with Crippen LogP contribution in [0.2, 0.25) is 0 Å². The molecule has 3 N–H and O–H groups in total. The van der Waals surface area contributed by atoms with Gasteiger partial charge in [-0.05, 0) is 55.9 Å². The highest BCUT2D eigenvalue weighted by Gasteiger charge is 2.80. The fourth-order valence-electron chi connectivity index (χ4n) is 9.03. The van der Waals surface area contributed by atoms with Crippen LogP contribution in [0, 0.1) is 34.5 Å². The zero-order valence-electron chi connectivity index (χ0n) is 27.5. The minimum atomic E-state index is -2.97. The molecule has 4 rings (SSSR count). The topological polar surface area (TPSA) is 146 Å². The number of aliphatic hydroxyl groups is 2. The van der Waals surface area contributed by atoms with Gasteiger partial charge in [0.15, 0.2) is 28.7 Å². The molecule has 0 bridgehead atoms. The van der Waals surface area contributed by atoms with E-state index in [-0.39, 0.29) is 11.3 Å². The van der Waals surface area contributed by atoms with Gasteiger partial charge in [0.05, 0.1) is 17.6 Å². The molecule has 1 aromatic carbocycles.